The van der Waals surface area contributed by atoms with E-state index >= 15 is 0 Å². The molecule has 1 atom stereocenters. The van der Waals surface area contributed by atoms with E-state index in [4.69, 9.17) is 4.74 Å². The van der Waals surface area contributed by atoms with Crippen LogP contribution in [0.4, 0.5) is 17.2 Å². The summed E-state index contributed by atoms with van der Waals surface area (Å²) in [6.07, 6.45) is 10.6. The van der Waals surface area contributed by atoms with E-state index in [1.807, 2.05) is 35.0 Å². The molecule has 1 aliphatic carbocycles. The van der Waals surface area contributed by atoms with E-state index in [1.54, 1.807) is 37.8 Å². The lowest BCUT2D eigenvalue weighted by Crippen LogP contribution is -2.58. The molecule has 8 rings (SSSR count). The van der Waals surface area contributed by atoms with Crippen LogP contribution < -0.4 is 21.3 Å². The standard InChI is InChI=1S/C36H40N8O4/c1-36(2)16-23-15-30-35(47)44(11-10-43(30)31(23)17-36)33-28(21-45)27(6-7-37-33)24-14-29(34(46)40(3)19-24)39-32-5-4-25(18-38-32)42-9-8-41-12-13-48-22-26(41)20-42/h4-7,10-11,14-15,18-19,26,45H,8-9,12-13,16-17,20-22H2,1-3H3,(H,38,39). The number of aliphatic hydroxyl groups is 1. The molecular weight excluding hydrogens is 608 g/mol. The molecule has 2 saturated heterocycles. The lowest BCUT2D eigenvalue weighted by molar-refractivity contribution is -0.0116. The summed E-state index contributed by atoms with van der Waals surface area (Å²) < 4.78 is 10.7. The second-order valence-electron chi connectivity index (χ2n) is 14.0. The van der Waals surface area contributed by atoms with Gasteiger partial charge in [-0.2, -0.15) is 0 Å². The molecule has 7 heterocycles. The van der Waals surface area contributed by atoms with E-state index < -0.39 is 0 Å². The van der Waals surface area contributed by atoms with E-state index in [-0.39, 0.29) is 23.1 Å². The highest BCUT2D eigenvalue weighted by atomic mass is 16.5. The Hall–Kier alpha value is -4.78. The van der Waals surface area contributed by atoms with Crippen LogP contribution in [-0.2, 0) is 31.2 Å². The van der Waals surface area contributed by atoms with Crippen LogP contribution in [0, 0.1) is 5.41 Å². The Morgan fingerprint density at radius 2 is 1.92 bits per heavy atom. The van der Waals surface area contributed by atoms with Gasteiger partial charge >= 0.3 is 0 Å². The third kappa shape index (κ3) is 5.29. The largest absolute Gasteiger partial charge is 0.392 e. The highest BCUT2D eigenvalue weighted by Crippen LogP contribution is 2.37. The Morgan fingerprint density at radius 3 is 2.73 bits per heavy atom. The molecule has 5 aromatic heterocycles. The van der Waals surface area contributed by atoms with Crippen molar-refractivity contribution in [3.05, 3.63) is 98.8 Å². The van der Waals surface area contributed by atoms with Crippen molar-refractivity contribution >= 4 is 22.7 Å². The van der Waals surface area contributed by atoms with Gasteiger partial charge in [0.25, 0.3) is 11.1 Å². The van der Waals surface area contributed by atoms with Crippen molar-refractivity contribution in [2.45, 2.75) is 39.3 Å². The van der Waals surface area contributed by atoms with E-state index in [0.717, 1.165) is 57.9 Å². The summed E-state index contributed by atoms with van der Waals surface area (Å²) in [4.78, 5) is 41.1. The van der Waals surface area contributed by atoms with Gasteiger partial charge in [-0.25, -0.2) is 9.97 Å². The van der Waals surface area contributed by atoms with Gasteiger partial charge in [0.05, 0.1) is 37.7 Å². The third-order valence-electron chi connectivity index (χ3n) is 10.1. The molecule has 0 amide bonds. The molecule has 12 nitrogen and oxygen atoms in total. The minimum Gasteiger partial charge on any atom is -0.392 e. The number of hydrogen-bond acceptors (Lipinski definition) is 9. The Morgan fingerprint density at radius 1 is 1.04 bits per heavy atom. The summed E-state index contributed by atoms with van der Waals surface area (Å²) in [5, 5.41) is 13.8. The average Bonchev–Trinajstić information content (AvgIpc) is 3.58. The molecule has 0 saturated carbocycles. The van der Waals surface area contributed by atoms with Crippen molar-refractivity contribution < 1.29 is 9.84 Å². The molecular formula is C36H40N8O4. The number of ether oxygens (including phenoxy) is 1. The Kier molecular flexibility index (Phi) is 7.46. The van der Waals surface area contributed by atoms with Crippen molar-refractivity contribution in [2.75, 3.05) is 49.6 Å². The quantitative estimate of drug-likeness (QED) is 0.286. The van der Waals surface area contributed by atoms with Crippen molar-refractivity contribution in [2.24, 2.45) is 12.5 Å². The number of anilines is 3. The number of morpholine rings is 1. The van der Waals surface area contributed by atoms with Gasteiger partial charge in [-0.1, -0.05) is 13.8 Å². The predicted molar refractivity (Wildman–Crippen MR) is 184 cm³/mol. The molecule has 12 heteroatoms. The zero-order chi connectivity index (χ0) is 33.2. The maximum atomic E-state index is 13.8. The number of fused-ring (bicyclic) bond motifs is 4. The third-order valence-corrected chi connectivity index (χ3v) is 10.1. The number of hydrogen-bond donors (Lipinski definition) is 2. The van der Waals surface area contributed by atoms with Gasteiger partial charge in [0.1, 0.15) is 22.8 Å². The van der Waals surface area contributed by atoms with Gasteiger partial charge in [0.2, 0.25) is 0 Å². The van der Waals surface area contributed by atoms with E-state index in [0.29, 0.717) is 45.6 Å². The molecule has 2 aliphatic heterocycles. The van der Waals surface area contributed by atoms with Crippen LogP contribution in [0.1, 0.15) is 30.7 Å². The van der Waals surface area contributed by atoms with E-state index in [9.17, 15) is 14.7 Å². The monoisotopic (exact) mass is 648 g/mol. The summed E-state index contributed by atoms with van der Waals surface area (Å²) in [7, 11) is 1.69. The molecule has 0 bridgehead atoms. The number of pyridine rings is 3. The minimum atomic E-state index is -0.350. The highest BCUT2D eigenvalue weighted by Gasteiger charge is 2.32. The smallest absolute Gasteiger partial charge is 0.280 e. The number of rotatable bonds is 6. The number of nitrogens with zero attached hydrogens (tertiary/aromatic N) is 7. The average molecular weight is 649 g/mol. The Balaban J connectivity index is 1.09. The van der Waals surface area contributed by atoms with Crippen LogP contribution in [-0.4, -0.2) is 78.9 Å². The van der Waals surface area contributed by atoms with Gasteiger partial charge in [-0.15, -0.1) is 0 Å². The fourth-order valence-corrected chi connectivity index (χ4v) is 7.66. The van der Waals surface area contributed by atoms with Crippen molar-refractivity contribution in [3.63, 3.8) is 0 Å². The zero-order valence-electron chi connectivity index (χ0n) is 27.5. The minimum absolute atomic E-state index is 0.171. The topological polar surface area (TPSA) is 122 Å². The first kappa shape index (κ1) is 30.5. The first-order valence-corrected chi connectivity index (χ1v) is 16.5. The zero-order valence-corrected chi connectivity index (χ0v) is 27.5. The molecule has 2 fully saturated rings. The number of piperazine rings is 1. The number of nitrogens with one attached hydrogen (secondary N) is 1. The highest BCUT2D eigenvalue weighted by molar-refractivity contribution is 5.73. The molecule has 48 heavy (non-hydrogen) atoms. The molecule has 0 spiro atoms. The molecule has 0 aromatic carbocycles. The maximum absolute atomic E-state index is 13.8. The van der Waals surface area contributed by atoms with Gasteiger partial charge < -0.3 is 29.0 Å². The summed E-state index contributed by atoms with van der Waals surface area (Å²) in [5.74, 6) is 0.901. The van der Waals surface area contributed by atoms with Gasteiger partial charge in [-0.3, -0.25) is 19.1 Å². The van der Waals surface area contributed by atoms with Crippen molar-refractivity contribution in [3.8, 4) is 16.9 Å². The van der Waals surface area contributed by atoms with Crippen LogP contribution in [0.3, 0.4) is 0 Å². The first-order valence-electron chi connectivity index (χ1n) is 16.5. The molecule has 1 unspecified atom stereocenters. The molecule has 0 radical (unpaired) electrons. The first-order chi connectivity index (χ1) is 23.2. The Labute approximate surface area is 277 Å². The molecule has 5 aromatic rings. The van der Waals surface area contributed by atoms with Gasteiger partial charge in [-0.05, 0) is 59.7 Å². The number of aliphatic hydroxyl groups excluding tert-OH is 1. The van der Waals surface area contributed by atoms with Crippen LogP contribution in [0.15, 0.2) is 70.9 Å². The van der Waals surface area contributed by atoms with Gasteiger partial charge in [0, 0.05) is 74.8 Å². The molecule has 2 N–H and O–H groups in total. The summed E-state index contributed by atoms with van der Waals surface area (Å²) in [6.45, 7) is 9.49. The SMILES string of the molecule is Cn1cc(-c2ccnc(-n3ccn4c5c(cc4c3=O)CC(C)(C)C5)c2CO)cc(Nc2ccc(N3CCN4CCOCC4C3)cn2)c1=O. The molecule has 3 aliphatic rings. The summed E-state index contributed by atoms with van der Waals surface area (Å²) in [6, 6.07) is 9.83. The second kappa shape index (κ2) is 11.7. The van der Waals surface area contributed by atoms with Gasteiger partial charge in [0.15, 0.2) is 0 Å². The van der Waals surface area contributed by atoms with E-state index in [1.165, 1.54) is 20.4 Å². The summed E-state index contributed by atoms with van der Waals surface area (Å²) >= 11 is 0. The van der Waals surface area contributed by atoms with Crippen LogP contribution in [0.25, 0.3) is 22.5 Å². The predicted octanol–water partition coefficient (Wildman–Crippen LogP) is 3.13. The number of aryl methyl sites for hydroxylation is 1. The van der Waals surface area contributed by atoms with Crippen LogP contribution in [0.5, 0.6) is 0 Å². The fraction of sp³-hybridized carbons (Fsp3) is 0.389. The lowest BCUT2D eigenvalue weighted by atomic mass is 9.90. The van der Waals surface area contributed by atoms with Crippen LogP contribution in [0.2, 0.25) is 0 Å². The Bertz CT molecular complexity index is 2150. The maximum Gasteiger partial charge on any atom is 0.280 e. The van der Waals surface area contributed by atoms with E-state index in [2.05, 4.69) is 38.9 Å². The molecule has 248 valence electrons. The summed E-state index contributed by atoms with van der Waals surface area (Å²) in [5.41, 5.74) is 5.94. The van der Waals surface area contributed by atoms with Crippen LogP contribution >= 0.6 is 0 Å². The lowest BCUT2D eigenvalue weighted by Gasteiger charge is -2.44. The van der Waals surface area contributed by atoms with Crippen molar-refractivity contribution in [1.82, 2.24) is 28.4 Å². The normalized spacial score (nSPS) is 19.0. The van der Waals surface area contributed by atoms with Crippen molar-refractivity contribution in [1.29, 1.82) is 0 Å². The fourth-order valence-electron chi connectivity index (χ4n) is 7.66. The second-order valence-corrected chi connectivity index (χ2v) is 14.0. The number of aromatic nitrogens is 5.